The molecule has 2 aromatic heterocycles. The molecule has 0 aliphatic heterocycles. The summed E-state index contributed by atoms with van der Waals surface area (Å²) in [5.74, 6) is 0.940. The molecule has 0 amide bonds. The third-order valence-electron chi connectivity index (χ3n) is 3.00. The van der Waals surface area contributed by atoms with Gasteiger partial charge in [-0.3, -0.25) is 0 Å². The molecule has 1 aromatic carbocycles. The van der Waals surface area contributed by atoms with Crippen molar-refractivity contribution in [3.63, 3.8) is 0 Å². The summed E-state index contributed by atoms with van der Waals surface area (Å²) in [6.45, 7) is 2.99. The Bertz CT molecular complexity index is 668. The number of aromatic nitrogens is 4. The molecular formula is C14H15N5OS. The van der Waals surface area contributed by atoms with Crippen LogP contribution in [0.1, 0.15) is 30.8 Å². The van der Waals surface area contributed by atoms with Gasteiger partial charge in [0.1, 0.15) is 6.04 Å². The van der Waals surface area contributed by atoms with Crippen LogP contribution in [-0.2, 0) is 0 Å². The van der Waals surface area contributed by atoms with Crippen LogP contribution in [-0.4, -0.2) is 26.3 Å². The highest BCUT2D eigenvalue weighted by atomic mass is 32.1. The van der Waals surface area contributed by atoms with E-state index in [2.05, 4.69) is 32.0 Å². The zero-order valence-electron chi connectivity index (χ0n) is 11.6. The van der Waals surface area contributed by atoms with Crippen molar-refractivity contribution in [2.24, 2.45) is 0 Å². The number of hydrogen-bond donors (Lipinski definition) is 1. The molecule has 0 aliphatic carbocycles. The van der Waals surface area contributed by atoms with Crippen molar-refractivity contribution in [3.8, 4) is 11.6 Å². The summed E-state index contributed by atoms with van der Waals surface area (Å²) in [7, 11) is 0. The first kappa shape index (κ1) is 13.8. The number of hydrogen-bond acceptors (Lipinski definition) is 7. The molecule has 1 unspecified atom stereocenters. The average molecular weight is 301 g/mol. The molecule has 0 saturated heterocycles. The summed E-state index contributed by atoms with van der Waals surface area (Å²) in [4.78, 5) is 0. The minimum atomic E-state index is -0.112. The Kier molecular flexibility index (Phi) is 4.32. The van der Waals surface area contributed by atoms with E-state index in [-0.39, 0.29) is 6.04 Å². The van der Waals surface area contributed by atoms with Gasteiger partial charge < -0.3 is 9.73 Å². The van der Waals surface area contributed by atoms with Gasteiger partial charge >= 0.3 is 0 Å². The lowest BCUT2D eigenvalue weighted by Crippen LogP contribution is -2.23. The van der Waals surface area contributed by atoms with E-state index in [0.717, 1.165) is 18.5 Å². The molecule has 0 spiro atoms. The topological polar surface area (TPSA) is 76.7 Å². The first-order valence-corrected chi connectivity index (χ1v) is 7.61. The average Bonchev–Trinajstić information content (AvgIpc) is 3.20. The second-order valence-corrected chi connectivity index (χ2v) is 5.14. The van der Waals surface area contributed by atoms with Gasteiger partial charge in [0, 0.05) is 5.38 Å². The van der Waals surface area contributed by atoms with Crippen LogP contribution in [0.2, 0.25) is 0 Å². The highest BCUT2D eigenvalue weighted by molar-refractivity contribution is 7.03. The molecule has 7 heteroatoms. The summed E-state index contributed by atoms with van der Waals surface area (Å²) in [5, 5.41) is 17.4. The first-order chi connectivity index (χ1) is 10.4. The van der Waals surface area contributed by atoms with Gasteiger partial charge in [0.25, 0.3) is 5.89 Å². The Balaban J connectivity index is 1.90. The maximum absolute atomic E-state index is 5.76. The first-order valence-electron chi connectivity index (χ1n) is 6.77. The highest BCUT2D eigenvalue weighted by Crippen LogP contribution is 2.24. The fourth-order valence-corrected chi connectivity index (χ4v) is 2.42. The van der Waals surface area contributed by atoms with E-state index in [4.69, 9.17) is 4.42 Å². The summed E-state index contributed by atoms with van der Waals surface area (Å²) in [6.07, 6.45) is 1.03. The predicted octanol–water partition coefficient (Wildman–Crippen LogP) is 2.68. The Hall–Kier alpha value is -2.12. The summed E-state index contributed by atoms with van der Waals surface area (Å²) in [6, 6.07) is 9.96. The van der Waals surface area contributed by atoms with E-state index >= 15 is 0 Å². The van der Waals surface area contributed by atoms with Gasteiger partial charge in [-0.05, 0) is 30.1 Å². The summed E-state index contributed by atoms with van der Waals surface area (Å²) < 4.78 is 9.57. The number of rotatable bonds is 6. The fraction of sp³-hybridized carbons (Fsp3) is 0.286. The maximum atomic E-state index is 5.76. The van der Waals surface area contributed by atoms with Crippen molar-refractivity contribution in [2.45, 2.75) is 19.4 Å². The van der Waals surface area contributed by atoms with Crippen LogP contribution in [0, 0.1) is 0 Å². The predicted molar refractivity (Wildman–Crippen MR) is 79.8 cm³/mol. The molecule has 0 saturated carbocycles. The van der Waals surface area contributed by atoms with Crippen molar-refractivity contribution in [1.82, 2.24) is 25.1 Å². The van der Waals surface area contributed by atoms with Crippen molar-refractivity contribution >= 4 is 11.5 Å². The number of nitrogens with zero attached hydrogens (tertiary/aromatic N) is 4. The molecule has 0 bridgehead atoms. The second-order valence-electron chi connectivity index (χ2n) is 4.53. The van der Waals surface area contributed by atoms with Gasteiger partial charge in [0.2, 0.25) is 5.89 Å². The van der Waals surface area contributed by atoms with E-state index < -0.39 is 0 Å². The molecule has 6 nitrogen and oxygen atoms in total. The quantitative estimate of drug-likeness (QED) is 0.754. The van der Waals surface area contributed by atoms with Crippen LogP contribution in [0.3, 0.4) is 0 Å². The van der Waals surface area contributed by atoms with Crippen LogP contribution in [0.4, 0.5) is 0 Å². The Morgan fingerprint density at radius 3 is 2.76 bits per heavy atom. The third kappa shape index (κ3) is 3.14. The van der Waals surface area contributed by atoms with Gasteiger partial charge in [-0.1, -0.05) is 41.7 Å². The lowest BCUT2D eigenvalue weighted by Gasteiger charge is -2.14. The lowest BCUT2D eigenvalue weighted by atomic mass is 10.1. The molecule has 3 aromatic rings. The molecule has 1 atom stereocenters. The van der Waals surface area contributed by atoms with Gasteiger partial charge in [-0.2, -0.15) is 0 Å². The lowest BCUT2D eigenvalue weighted by molar-refractivity contribution is 0.438. The summed E-state index contributed by atoms with van der Waals surface area (Å²) >= 11 is 1.26. The van der Waals surface area contributed by atoms with Crippen molar-refractivity contribution in [1.29, 1.82) is 0 Å². The monoisotopic (exact) mass is 301 g/mol. The molecule has 0 aliphatic rings. The van der Waals surface area contributed by atoms with Crippen LogP contribution >= 0.6 is 11.5 Å². The third-order valence-corrected chi connectivity index (χ3v) is 3.50. The van der Waals surface area contributed by atoms with Crippen LogP contribution in [0.25, 0.3) is 11.6 Å². The van der Waals surface area contributed by atoms with Gasteiger partial charge in [-0.15, -0.1) is 15.3 Å². The van der Waals surface area contributed by atoms with Crippen LogP contribution in [0.15, 0.2) is 40.1 Å². The Morgan fingerprint density at radius 2 is 2.05 bits per heavy atom. The van der Waals surface area contributed by atoms with E-state index in [1.165, 1.54) is 11.5 Å². The molecule has 21 heavy (non-hydrogen) atoms. The van der Waals surface area contributed by atoms with Crippen LogP contribution in [0.5, 0.6) is 0 Å². The number of benzene rings is 1. The molecule has 3 rings (SSSR count). The van der Waals surface area contributed by atoms with Gasteiger partial charge in [-0.25, -0.2) is 0 Å². The maximum Gasteiger partial charge on any atom is 0.269 e. The van der Waals surface area contributed by atoms with Crippen molar-refractivity contribution < 1.29 is 4.42 Å². The summed E-state index contributed by atoms with van der Waals surface area (Å²) in [5.41, 5.74) is 1.71. The van der Waals surface area contributed by atoms with E-state index in [9.17, 15) is 0 Å². The smallest absolute Gasteiger partial charge is 0.269 e. The van der Waals surface area contributed by atoms with Crippen molar-refractivity contribution in [2.75, 3.05) is 6.54 Å². The molecule has 0 fully saturated rings. The van der Waals surface area contributed by atoms with E-state index in [0.29, 0.717) is 17.5 Å². The van der Waals surface area contributed by atoms with Crippen molar-refractivity contribution in [3.05, 3.63) is 47.2 Å². The SMILES string of the molecule is CCCNC(c1ccccc1)c1nnc(-c2csnn2)o1. The zero-order chi connectivity index (χ0) is 14.5. The van der Waals surface area contributed by atoms with Gasteiger partial charge in [0.15, 0.2) is 5.69 Å². The van der Waals surface area contributed by atoms with Crippen LogP contribution < -0.4 is 5.32 Å². The van der Waals surface area contributed by atoms with E-state index in [1.807, 2.05) is 30.3 Å². The molecule has 108 valence electrons. The second kappa shape index (κ2) is 6.55. The molecule has 2 heterocycles. The van der Waals surface area contributed by atoms with E-state index in [1.54, 1.807) is 5.38 Å². The molecular weight excluding hydrogens is 286 g/mol. The Labute approximate surface area is 126 Å². The number of nitrogens with one attached hydrogen (secondary N) is 1. The Morgan fingerprint density at radius 1 is 1.19 bits per heavy atom. The minimum absolute atomic E-state index is 0.112. The fourth-order valence-electron chi connectivity index (χ4n) is 1.99. The zero-order valence-corrected chi connectivity index (χ0v) is 12.4. The normalized spacial score (nSPS) is 12.4. The largest absolute Gasteiger partial charge is 0.417 e. The standard InChI is InChI=1S/C14H15N5OS/c1-2-8-15-12(10-6-4-3-5-7-10)14-18-17-13(20-14)11-9-21-19-16-11/h3-7,9,12,15H,2,8H2,1H3. The van der Waals surface area contributed by atoms with Gasteiger partial charge in [0.05, 0.1) is 0 Å². The highest BCUT2D eigenvalue weighted by Gasteiger charge is 2.21. The molecule has 1 N–H and O–H groups in total. The molecule has 0 radical (unpaired) electrons. The minimum Gasteiger partial charge on any atom is -0.417 e.